The molecule has 0 saturated carbocycles. The lowest BCUT2D eigenvalue weighted by Gasteiger charge is -2.08. The van der Waals surface area contributed by atoms with Gasteiger partial charge in [-0.1, -0.05) is 28.1 Å². The first-order valence-corrected chi connectivity index (χ1v) is 4.94. The molecule has 0 N–H and O–H groups in total. The fourth-order valence-corrected chi connectivity index (χ4v) is 2.40. The molecule has 0 nitrogen and oxygen atoms in total. The lowest BCUT2D eigenvalue weighted by molar-refractivity contribution is 1.22. The second kappa shape index (κ2) is 2.74. The molecule has 0 unspecified atom stereocenters. The Morgan fingerprint density at radius 2 is 2.08 bits per heavy atom. The molecule has 1 aromatic rings. The van der Waals surface area contributed by atoms with Gasteiger partial charge in [-0.2, -0.15) is 0 Å². The second-order valence-corrected chi connectivity index (χ2v) is 4.15. The fourth-order valence-electron chi connectivity index (χ4n) is 1.68. The molecule has 0 heterocycles. The number of fused-ring (bicyclic) bond motifs is 1. The molecule has 62 valence electrons. The van der Waals surface area contributed by atoms with Crippen molar-refractivity contribution in [2.75, 3.05) is 0 Å². The van der Waals surface area contributed by atoms with Crippen molar-refractivity contribution < 1.29 is 0 Å². The normalized spacial score (nSPS) is 13.6. The molecule has 0 saturated heterocycles. The molecule has 1 aliphatic rings. The average molecular weight is 223 g/mol. The largest absolute Gasteiger partial charge is 0.0795 e. The van der Waals surface area contributed by atoms with Gasteiger partial charge >= 0.3 is 0 Å². The van der Waals surface area contributed by atoms with E-state index in [0.29, 0.717) is 0 Å². The van der Waals surface area contributed by atoms with E-state index < -0.39 is 0 Å². The summed E-state index contributed by atoms with van der Waals surface area (Å²) in [6, 6.07) is 2.21. The molecule has 12 heavy (non-hydrogen) atoms. The number of aryl methyl sites for hydroxylation is 1. The van der Waals surface area contributed by atoms with E-state index in [0.717, 1.165) is 6.42 Å². The van der Waals surface area contributed by atoms with Crippen LogP contribution in [0, 0.1) is 13.8 Å². The molecule has 0 aromatic heterocycles. The third-order valence-corrected chi connectivity index (χ3v) is 3.27. The minimum Gasteiger partial charge on any atom is -0.0795 e. The van der Waals surface area contributed by atoms with Gasteiger partial charge in [0.05, 0.1) is 0 Å². The first-order chi connectivity index (χ1) is 5.70. The third-order valence-electron chi connectivity index (χ3n) is 2.56. The molecular weight excluding hydrogens is 212 g/mol. The van der Waals surface area contributed by atoms with Crippen molar-refractivity contribution in [2.24, 2.45) is 0 Å². The summed E-state index contributed by atoms with van der Waals surface area (Å²) in [5.74, 6) is 0. The smallest absolute Gasteiger partial charge is 0.0219 e. The highest BCUT2D eigenvalue weighted by molar-refractivity contribution is 9.10. The Kier molecular flexibility index (Phi) is 1.84. The molecule has 1 aromatic carbocycles. The van der Waals surface area contributed by atoms with E-state index >= 15 is 0 Å². The summed E-state index contributed by atoms with van der Waals surface area (Å²) in [5, 5.41) is 0. The number of rotatable bonds is 0. The standard InChI is InChI=1S/C11H11Br/c1-7-6-11(12)10-5-3-4-9(10)8(7)2/h3-4,6H,5H2,1-2H3. The van der Waals surface area contributed by atoms with E-state index in [4.69, 9.17) is 0 Å². The van der Waals surface area contributed by atoms with Crippen molar-refractivity contribution in [1.82, 2.24) is 0 Å². The Hall–Kier alpha value is -0.560. The predicted octanol–water partition coefficient (Wildman–Crippen LogP) is 3.64. The summed E-state index contributed by atoms with van der Waals surface area (Å²) in [5.41, 5.74) is 5.65. The molecule has 0 amide bonds. The van der Waals surface area contributed by atoms with Gasteiger partial charge < -0.3 is 0 Å². The van der Waals surface area contributed by atoms with Gasteiger partial charge in [0.25, 0.3) is 0 Å². The maximum atomic E-state index is 3.59. The number of allylic oxidation sites excluding steroid dienone is 1. The van der Waals surface area contributed by atoms with E-state index in [1.807, 2.05) is 0 Å². The first kappa shape index (κ1) is 8.06. The Bertz CT molecular complexity index is 362. The van der Waals surface area contributed by atoms with Crippen LogP contribution >= 0.6 is 15.9 Å². The van der Waals surface area contributed by atoms with Gasteiger partial charge in [-0.3, -0.25) is 0 Å². The van der Waals surface area contributed by atoms with E-state index in [1.54, 1.807) is 0 Å². The van der Waals surface area contributed by atoms with Crippen LogP contribution in [-0.2, 0) is 6.42 Å². The number of hydrogen-bond donors (Lipinski definition) is 0. The van der Waals surface area contributed by atoms with Crippen LogP contribution in [-0.4, -0.2) is 0 Å². The van der Waals surface area contributed by atoms with Crippen molar-refractivity contribution >= 4 is 22.0 Å². The minimum absolute atomic E-state index is 1.08. The summed E-state index contributed by atoms with van der Waals surface area (Å²) < 4.78 is 1.26. The predicted molar refractivity (Wildman–Crippen MR) is 56.4 cm³/mol. The van der Waals surface area contributed by atoms with Crippen LogP contribution in [0.15, 0.2) is 16.6 Å². The molecule has 0 aliphatic heterocycles. The number of benzene rings is 1. The van der Waals surface area contributed by atoms with Crippen molar-refractivity contribution in [3.63, 3.8) is 0 Å². The second-order valence-electron chi connectivity index (χ2n) is 3.30. The fraction of sp³-hybridized carbons (Fsp3) is 0.273. The van der Waals surface area contributed by atoms with Crippen molar-refractivity contribution in [3.05, 3.63) is 38.9 Å². The summed E-state index contributed by atoms with van der Waals surface area (Å²) in [7, 11) is 0. The zero-order valence-electron chi connectivity index (χ0n) is 7.32. The highest BCUT2D eigenvalue weighted by atomic mass is 79.9. The maximum Gasteiger partial charge on any atom is 0.0219 e. The molecule has 1 heteroatoms. The van der Waals surface area contributed by atoms with Crippen molar-refractivity contribution in [3.8, 4) is 0 Å². The van der Waals surface area contributed by atoms with Crippen molar-refractivity contribution in [2.45, 2.75) is 20.3 Å². The molecule has 0 atom stereocenters. The molecule has 0 spiro atoms. The Morgan fingerprint density at radius 3 is 2.83 bits per heavy atom. The molecule has 0 bridgehead atoms. The van der Waals surface area contributed by atoms with Crippen LogP contribution in [0.25, 0.3) is 6.08 Å². The van der Waals surface area contributed by atoms with E-state index in [1.165, 1.54) is 26.7 Å². The summed E-state index contributed by atoms with van der Waals surface area (Å²) in [4.78, 5) is 0. The Morgan fingerprint density at radius 1 is 1.33 bits per heavy atom. The number of halogens is 1. The van der Waals surface area contributed by atoms with Crippen LogP contribution in [0.1, 0.15) is 22.3 Å². The summed E-state index contributed by atoms with van der Waals surface area (Å²) >= 11 is 3.59. The van der Waals surface area contributed by atoms with E-state index in [2.05, 4.69) is 48.0 Å². The topological polar surface area (TPSA) is 0 Å². The highest BCUT2D eigenvalue weighted by Crippen LogP contribution is 2.31. The van der Waals surface area contributed by atoms with Crippen LogP contribution in [0.4, 0.5) is 0 Å². The quantitative estimate of drug-likeness (QED) is 0.629. The monoisotopic (exact) mass is 222 g/mol. The van der Waals surface area contributed by atoms with Gasteiger partial charge in [-0.15, -0.1) is 0 Å². The first-order valence-electron chi connectivity index (χ1n) is 4.15. The van der Waals surface area contributed by atoms with E-state index in [9.17, 15) is 0 Å². The number of hydrogen-bond acceptors (Lipinski definition) is 0. The Labute approximate surface area is 81.4 Å². The molecule has 0 radical (unpaired) electrons. The molecule has 0 fully saturated rings. The van der Waals surface area contributed by atoms with Crippen LogP contribution in [0.2, 0.25) is 0 Å². The SMILES string of the molecule is Cc1cc(Br)c2c(c1C)C=CC2. The van der Waals surface area contributed by atoms with Crippen molar-refractivity contribution in [1.29, 1.82) is 0 Å². The van der Waals surface area contributed by atoms with Gasteiger partial charge in [0.1, 0.15) is 0 Å². The summed E-state index contributed by atoms with van der Waals surface area (Å²) in [6.07, 6.45) is 5.53. The Balaban J connectivity index is 2.75. The summed E-state index contributed by atoms with van der Waals surface area (Å²) in [6.45, 7) is 4.35. The minimum atomic E-state index is 1.08. The zero-order chi connectivity index (χ0) is 8.72. The molecular formula is C11H11Br. The molecule has 1 aliphatic carbocycles. The third kappa shape index (κ3) is 1.04. The lowest BCUT2D eigenvalue weighted by Crippen LogP contribution is -1.91. The molecule has 2 rings (SSSR count). The van der Waals surface area contributed by atoms with Crippen LogP contribution in [0.5, 0.6) is 0 Å². The van der Waals surface area contributed by atoms with Gasteiger partial charge in [0.15, 0.2) is 0 Å². The highest BCUT2D eigenvalue weighted by Gasteiger charge is 2.12. The van der Waals surface area contributed by atoms with Gasteiger partial charge in [-0.25, -0.2) is 0 Å². The average Bonchev–Trinajstić information content (AvgIpc) is 2.48. The van der Waals surface area contributed by atoms with Gasteiger partial charge in [0.2, 0.25) is 0 Å². The van der Waals surface area contributed by atoms with E-state index in [-0.39, 0.29) is 0 Å². The maximum absolute atomic E-state index is 3.59. The van der Waals surface area contributed by atoms with Gasteiger partial charge in [0, 0.05) is 4.47 Å². The lowest BCUT2D eigenvalue weighted by atomic mass is 10.00. The van der Waals surface area contributed by atoms with Crippen LogP contribution < -0.4 is 0 Å². The zero-order valence-corrected chi connectivity index (χ0v) is 8.90. The van der Waals surface area contributed by atoms with Gasteiger partial charge in [-0.05, 0) is 48.6 Å². The van der Waals surface area contributed by atoms with Crippen LogP contribution in [0.3, 0.4) is 0 Å².